The van der Waals surface area contributed by atoms with E-state index in [0.717, 1.165) is 64.7 Å². The number of aliphatic hydroxyl groups excluding tert-OH is 1. The van der Waals surface area contributed by atoms with Gasteiger partial charge in [0.2, 0.25) is 0 Å². The number of nitrogens with zero attached hydrogens (tertiary/aromatic N) is 4. The first-order chi connectivity index (χ1) is 15.7. The van der Waals surface area contributed by atoms with Gasteiger partial charge in [0.25, 0.3) is 0 Å². The minimum Gasteiger partial charge on any atom is -0.484 e. The zero-order valence-electron chi connectivity index (χ0n) is 19.3. The Labute approximate surface area is 204 Å². The van der Waals surface area contributed by atoms with E-state index in [2.05, 4.69) is 39.6 Å². The predicted molar refractivity (Wildman–Crippen MR) is 130 cm³/mol. The van der Waals surface area contributed by atoms with E-state index in [1.54, 1.807) is 6.07 Å². The van der Waals surface area contributed by atoms with Crippen molar-refractivity contribution in [3.8, 4) is 11.4 Å². The summed E-state index contributed by atoms with van der Waals surface area (Å²) in [7, 11) is 0. The minimum atomic E-state index is -0.299. The number of rotatable bonds is 4. The molecule has 33 heavy (non-hydrogen) atoms. The van der Waals surface area contributed by atoms with E-state index in [-0.39, 0.29) is 18.2 Å². The summed E-state index contributed by atoms with van der Waals surface area (Å²) in [5.41, 5.74) is 5.36. The van der Waals surface area contributed by atoms with Crippen molar-refractivity contribution >= 4 is 23.2 Å². The highest BCUT2D eigenvalue weighted by Crippen LogP contribution is 2.44. The van der Waals surface area contributed by atoms with Crippen molar-refractivity contribution in [3.05, 3.63) is 68.2 Å². The van der Waals surface area contributed by atoms with Crippen LogP contribution in [0.1, 0.15) is 46.4 Å². The highest BCUT2D eigenvalue weighted by Gasteiger charge is 2.42. The summed E-state index contributed by atoms with van der Waals surface area (Å²) in [5, 5.41) is 19.8. The second-order valence-electron chi connectivity index (χ2n) is 9.17. The Morgan fingerprint density at radius 1 is 1.03 bits per heavy atom. The number of β-amino-alcohol motifs (C(OH)–C–C–N with tert-alkyl or cyclic N) is 1. The molecule has 8 heteroatoms. The molecule has 0 radical (unpaired) electrons. The number of benzene rings is 2. The standard InChI is InChI=1S/C25H28Cl2N4O2/c1-13-14(2)24(6-5-22(13)31-15(3)28-29-16(31)4)33-25-20-9-17(26)10-21(27)19(20)11-23(25)30-8-7-18(32)12-30/h5-6,9-10,18,23,25,32H,7-8,11-12H2,1-4H3/t18?,23-,25-/m0/s1. The Hall–Kier alpha value is -2.12. The van der Waals surface area contributed by atoms with Crippen LogP contribution in [0.2, 0.25) is 10.0 Å². The van der Waals surface area contributed by atoms with Gasteiger partial charge in [0.15, 0.2) is 0 Å². The quantitative estimate of drug-likeness (QED) is 0.566. The summed E-state index contributed by atoms with van der Waals surface area (Å²) in [4.78, 5) is 2.32. The second-order valence-corrected chi connectivity index (χ2v) is 10.0. The van der Waals surface area contributed by atoms with Gasteiger partial charge in [0.05, 0.1) is 17.8 Å². The first kappa shape index (κ1) is 22.7. The van der Waals surface area contributed by atoms with Crippen molar-refractivity contribution in [2.75, 3.05) is 13.1 Å². The molecule has 1 N–H and O–H groups in total. The molecular formula is C25H28Cl2N4O2. The lowest BCUT2D eigenvalue weighted by atomic mass is 10.1. The SMILES string of the molecule is Cc1c(O[C@H]2c3cc(Cl)cc(Cl)c3C[C@@H]2N2CCC(O)C2)ccc(-n2c(C)nnc2C)c1C. The van der Waals surface area contributed by atoms with Gasteiger partial charge in [-0.25, -0.2) is 0 Å². The molecule has 1 aliphatic heterocycles. The van der Waals surface area contributed by atoms with Crippen molar-refractivity contribution in [1.29, 1.82) is 0 Å². The maximum absolute atomic E-state index is 10.2. The van der Waals surface area contributed by atoms with Gasteiger partial charge in [-0.2, -0.15) is 0 Å². The van der Waals surface area contributed by atoms with Crippen molar-refractivity contribution in [2.45, 2.75) is 58.8 Å². The zero-order valence-corrected chi connectivity index (χ0v) is 20.8. The molecule has 174 valence electrons. The summed E-state index contributed by atoms with van der Waals surface area (Å²) < 4.78 is 8.80. The molecular weight excluding hydrogens is 459 g/mol. The van der Waals surface area contributed by atoms with Crippen LogP contribution in [0.4, 0.5) is 0 Å². The van der Waals surface area contributed by atoms with Crippen LogP contribution in [-0.4, -0.2) is 50.0 Å². The van der Waals surface area contributed by atoms with Crippen LogP contribution < -0.4 is 4.74 Å². The number of hydrogen-bond acceptors (Lipinski definition) is 5. The van der Waals surface area contributed by atoms with Crippen LogP contribution in [0.25, 0.3) is 5.69 Å². The Morgan fingerprint density at radius 3 is 2.42 bits per heavy atom. The second kappa shape index (κ2) is 8.58. The number of aromatic nitrogens is 3. The summed E-state index contributed by atoms with van der Waals surface area (Å²) in [6, 6.07) is 7.96. The van der Waals surface area contributed by atoms with E-state index in [0.29, 0.717) is 16.6 Å². The molecule has 0 bridgehead atoms. The van der Waals surface area contributed by atoms with Crippen molar-refractivity contribution in [3.63, 3.8) is 0 Å². The fraction of sp³-hybridized carbons (Fsp3) is 0.440. The third-order valence-electron chi connectivity index (χ3n) is 7.12. The smallest absolute Gasteiger partial charge is 0.140 e. The number of halogens is 2. The van der Waals surface area contributed by atoms with Gasteiger partial charge in [-0.1, -0.05) is 23.2 Å². The van der Waals surface area contributed by atoms with E-state index in [4.69, 9.17) is 27.9 Å². The number of likely N-dealkylation sites (tertiary alicyclic amines) is 1. The highest BCUT2D eigenvalue weighted by atomic mass is 35.5. The maximum atomic E-state index is 10.2. The molecule has 2 aliphatic rings. The number of fused-ring (bicyclic) bond motifs is 1. The lowest BCUT2D eigenvalue weighted by molar-refractivity contribution is 0.0813. The number of aliphatic hydroxyl groups is 1. The number of hydrogen-bond donors (Lipinski definition) is 1. The molecule has 0 amide bonds. The van der Waals surface area contributed by atoms with Crippen molar-refractivity contribution in [1.82, 2.24) is 19.7 Å². The molecule has 0 spiro atoms. The molecule has 3 atom stereocenters. The normalized spacial score (nSPS) is 22.7. The molecule has 0 saturated carbocycles. The fourth-order valence-electron chi connectivity index (χ4n) is 5.25. The molecule has 6 nitrogen and oxygen atoms in total. The molecule has 1 aliphatic carbocycles. The molecule has 3 aromatic rings. The van der Waals surface area contributed by atoms with E-state index in [9.17, 15) is 5.11 Å². The Bertz CT molecular complexity index is 1210. The van der Waals surface area contributed by atoms with Crippen molar-refractivity contribution < 1.29 is 9.84 Å². The van der Waals surface area contributed by atoms with Gasteiger partial charge in [0, 0.05) is 28.7 Å². The van der Waals surface area contributed by atoms with Crippen LogP contribution in [-0.2, 0) is 6.42 Å². The van der Waals surface area contributed by atoms with E-state index < -0.39 is 0 Å². The largest absolute Gasteiger partial charge is 0.484 e. The van der Waals surface area contributed by atoms with Gasteiger partial charge >= 0.3 is 0 Å². The van der Waals surface area contributed by atoms with Crippen LogP contribution in [0.3, 0.4) is 0 Å². The van der Waals surface area contributed by atoms with E-state index in [1.165, 1.54) is 0 Å². The van der Waals surface area contributed by atoms with Crippen LogP contribution in [0, 0.1) is 27.7 Å². The Balaban J connectivity index is 1.53. The summed E-state index contributed by atoms with van der Waals surface area (Å²) in [6.07, 6.45) is 1.03. The fourth-order valence-corrected chi connectivity index (χ4v) is 5.84. The summed E-state index contributed by atoms with van der Waals surface area (Å²) in [5.74, 6) is 2.54. The molecule has 1 saturated heterocycles. The van der Waals surface area contributed by atoms with Gasteiger partial charge in [-0.05, 0) is 81.5 Å². The summed E-state index contributed by atoms with van der Waals surface area (Å²) >= 11 is 13.0. The van der Waals surface area contributed by atoms with Gasteiger partial charge in [0.1, 0.15) is 23.5 Å². The van der Waals surface area contributed by atoms with Gasteiger partial charge < -0.3 is 9.84 Å². The third kappa shape index (κ3) is 3.93. The number of ether oxygens (including phenoxy) is 1. The topological polar surface area (TPSA) is 63.4 Å². The monoisotopic (exact) mass is 486 g/mol. The summed E-state index contributed by atoms with van der Waals surface area (Å²) in [6.45, 7) is 9.58. The first-order valence-electron chi connectivity index (χ1n) is 11.3. The van der Waals surface area contributed by atoms with Crippen LogP contribution in [0.15, 0.2) is 24.3 Å². The van der Waals surface area contributed by atoms with E-state index in [1.807, 2.05) is 26.0 Å². The minimum absolute atomic E-state index is 0.0924. The molecule has 2 heterocycles. The van der Waals surface area contributed by atoms with Gasteiger partial charge in [-0.15, -0.1) is 10.2 Å². The molecule has 1 aromatic heterocycles. The first-order valence-corrected chi connectivity index (χ1v) is 12.1. The van der Waals surface area contributed by atoms with Gasteiger partial charge in [-0.3, -0.25) is 9.47 Å². The Morgan fingerprint density at radius 2 is 1.76 bits per heavy atom. The van der Waals surface area contributed by atoms with Crippen molar-refractivity contribution in [2.24, 2.45) is 0 Å². The van der Waals surface area contributed by atoms with E-state index >= 15 is 0 Å². The predicted octanol–water partition coefficient (Wildman–Crippen LogP) is 4.92. The zero-order chi connectivity index (χ0) is 23.4. The molecule has 5 rings (SSSR count). The Kier molecular flexibility index (Phi) is 5.90. The molecule has 1 unspecified atom stereocenters. The van der Waals surface area contributed by atoms with Crippen LogP contribution in [0.5, 0.6) is 5.75 Å². The third-order valence-corrected chi connectivity index (χ3v) is 7.67. The average molecular weight is 487 g/mol. The highest BCUT2D eigenvalue weighted by molar-refractivity contribution is 6.35. The lowest BCUT2D eigenvalue weighted by Gasteiger charge is -2.30. The molecule has 1 fully saturated rings. The maximum Gasteiger partial charge on any atom is 0.140 e. The van der Waals surface area contributed by atoms with Crippen LogP contribution >= 0.6 is 23.2 Å². The lowest BCUT2D eigenvalue weighted by Crippen LogP contribution is -2.39. The average Bonchev–Trinajstić information content (AvgIpc) is 3.44. The number of aryl methyl sites for hydroxylation is 2. The molecule has 2 aromatic carbocycles.